The Hall–Kier alpha value is -1.19. The third kappa shape index (κ3) is 2.73. The van der Waals surface area contributed by atoms with Crippen molar-refractivity contribution < 1.29 is 0 Å². The third-order valence-electron chi connectivity index (χ3n) is 2.86. The van der Waals surface area contributed by atoms with Crippen LogP contribution < -0.4 is 5.32 Å². The second-order valence-electron chi connectivity index (χ2n) is 4.45. The van der Waals surface area contributed by atoms with Crippen LogP contribution in [0.2, 0.25) is 0 Å². The largest absolute Gasteiger partial charge is 0.312 e. The van der Waals surface area contributed by atoms with E-state index in [0.29, 0.717) is 12.0 Å². The second kappa shape index (κ2) is 5.43. The molecule has 17 heavy (non-hydrogen) atoms. The number of hydrogen-bond donors (Lipinski definition) is 1. The molecule has 0 radical (unpaired) electrons. The fraction of sp³-hybridized carbons (Fsp3) is 0.357. The summed E-state index contributed by atoms with van der Waals surface area (Å²) in [6.45, 7) is 4.48. The number of nitrogens with zero attached hydrogens (tertiary/aromatic N) is 1. The highest BCUT2D eigenvalue weighted by Crippen LogP contribution is 2.33. The van der Waals surface area contributed by atoms with Crippen LogP contribution in [0, 0.1) is 5.92 Å². The number of aromatic nitrogens is 1. The van der Waals surface area contributed by atoms with E-state index in [4.69, 9.17) is 0 Å². The van der Waals surface area contributed by atoms with Gasteiger partial charge in [0.05, 0.1) is 0 Å². The first kappa shape index (κ1) is 12.3. The lowest BCUT2D eigenvalue weighted by Gasteiger charge is -2.18. The third-order valence-corrected chi connectivity index (χ3v) is 4.07. The average Bonchev–Trinajstić information content (AvgIpc) is 2.80. The van der Waals surface area contributed by atoms with Gasteiger partial charge in [-0.25, -0.2) is 0 Å². The highest BCUT2D eigenvalue weighted by Gasteiger charge is 2.15. The molecule has 2 rings (SSSR count). The van der Waals surface area contributed by atoms with E-state index in [9.17, 15) is 0 Å². The molecule has 2 aromatic heterocycles. The van der Waals surface area contributed by atoms with E-state index in [1.54, 1.807) is 0 Å². The van der Waals surface area contributed by atoms with Gasteiger partial charge in [-0.2, -0.15) is 0 Å². The molecule has 1 atom stereocenters. The van der Waals surface area contributed by atoms with Crippen LogP contribution in [0.1, 0.15) is 24.8 Å². The topological polar surface area (TPSA) is 24.9 Å². The van der Waals surface area contributed by atoms with Crippen LogP contribution in [-0.2, 0) is 0 Å². The molecule has 1 N–H and O–H groups in total. The normalized spacial score (nSPS) is 12.9. The maximum atomic E-state index is 4.16. The van der Waals surface area contributed by atoms with E-state index in [1.165, 1.54) is 15.3 Å². The van der Waals surface area contributed by atoms with Gasteiger partial charge in [-0.1, -0.05) is 19.9 Å². The maximum absolute atomic E-state index is 4.16. The van der Waals surface area contributed by atoms with E-state index >= 15 is 0 Å². The Balaban J connectivity index is 2.27. The minimum Gasteiger partial charge on any atom is -0.312 e. The second-order valence-corrected chi connectivity index (χ2v) is 5.57. The number of rotatable bonds is 4. The molecule has 0 aliphatic heterocycles. The molecule has 0 amide bonds. The lowest BCUT2D eigenvalue weighted by Crippen LogP contribution is -2.20. The summed E-state index contributed by atoms with van der Waals surface area (Å²) >= 11 is 1.84. The summed E-state index contributed by atoms with van der Waals surface area (Å²) in [5.74, 6) is 0.598. The quantitative estimate of drug-likeness (QED) is 0.889. The lowest BCUT2D eigenvalue weighted by molar-refractivity contribution is 0.449. The molecule has 1 unspecified atom stereocenters. The number of hydrogen-bond acceptors (Lipinski definition) is 3. The van der Waals surface area contributed by atoms with Gasteiger partial charge in [-0.15, -0.1) is 11.3 Å². The Morgan fingerprint density at radius 2 is 2.06 bits per heavy atom. The summed E-state index contributed by atoms with van der Waals surface area (Å²) in [7, 11) is 2.02. The predicted octanol–water partition coefficient (Wildman–Crippen LogP) is 3.73. The summed E-state index contributed by atoms with van der Waals surface area (Å²) in [6.07, 6.45) is 3.72. The summed E-state index contributed by atoms with van der Waals surface area (Å²) in [5.41, 5.74) is 1.20. The van der Waals surface area contributed by atoms with Gasteiger partial charge in [-0.05, 0) is 31.2 Å². The van der Waals surface area contributed by atoms with Crippen molar-refractivity contribution in [2.24, 2.45) is 5.92 Å². The average molecular weight is 246 g/mol. The molecule has 2 heterocycles. The molecule has 90 valence electrons. The van der Waals surface area contributed by atoms with E-state index in [1.807, 2.05) is 36.8 Å². The molecule has 0 saturated carbocycles. The van der Waals surface area contributed by atoms with E-state index in [0.717, 1.165) is 0 Å². The highest BCUT2D eigenvalue weighted by molar-refractivity contribution is 7.15. The predicted molar refractivity (Wildman–Crippen MR) is 74.2 cm³/mol. The van der Waals surface area contributed by atoms with E-state index in [-0.39, 0.29) is 0 Å². The highest BCUT2D eigenvalue weighted by atomic mass is 32.1. The van der Waals surface area contributed by atoms with Crippen molar-refractivity contribution in [1.82, 2.24) is 10.3 Å². The molecular weight excluding hydrogens is 228 g/mol. The van der Waals surface area contributed by atoms with Crippen molar-refractivity contribution in [3.63, 3.8) is 0 Å². The first-order valence-corrected chi connectivity index (χ1v) is 6.71. The van der Waals surface area contributed by atoms with Gasteiger partial charge in [0.15, 0.2) is 0 Å². The molecule has 0 saturated heterocycles. The van der Waals surface area contributed by atoms with Crippen molar-refractivity contribution in [2.75, 3.05) is 7.05 Å². The lowest BCUT2D eigenvalue weighted by atomic mass is 10.0. The Kier molecular flexibility index (Phi) is 3.92. The van der Waals surface area contributed by atoms with Gasteiger partial charge in [0, 0.05) is 33.8 Å². The number of nitrogens with one attached hydrogen (secondary N) is 1. The van der Waals surface area contributed by atoms with Gasteiger partial charge < -0.3 is 5.32 Å². The minimum absolute atomic E-state index is 0.436. The molecular formula is C14H18N2S. The smallest absolute Gasteiger partial charge is 0.0435 e. The molecule has 3 heteroatoms. The number of thiophene rings is 1. The first-order valence-electron chi connectivity index (χ1n) is 5.89. The van der Waals surface area contributed by atoms with Crippen molar-refractivity contribution in [2.45, 2.75) is 19.9 Å². The van der Waals surface area contributed by atoms with Gasteiger partial charge in [0.25, 0.3) is 0 Å². The number of pyridine rings is 1. The van der Waals surface area contributed by atoms with Gasteiger partial charge >= 0.3 is 0 Å². The Morgan fingerprint density at radius 1 is 1.24 bits per heavy atom. The summed E-state index contributed by atoms with van der Waals surface area (Å²) in [4.78, 5) is 6.84. The van der Waals surface area contributed by atoms with Crippen LogP contribution in [0.5, 0.6) is 0 Å². The van der Waals surface area contributed by atoms with Crippen LogP contribution in [0.15, 0.2) is 36.7 Å². The van der Waals surface area contributed by atoms with Crippen molar-refractivity contribution in [3.8, 4) is 10.4 Å². The van der Waals surface area contributed by atoms with Crippen LogP contribution in [0.4, 0.5) is 0 Å². The first-order chi connectivity index (χ1) is 8.22. The SMILES string of the molecule is CNC(c1ccc(-c2cccnc2)s1)C(C)C. The Bertz CT molecular complexity index is 462. The maximum Gasteiger partial charge on any atom is 0.0435 e. The molecule has 2 nitrogen and oxygen atoms in total. The molecule has 0 aromatic carbocycles. The fourth-order valence-electron chi connectivity index (χ4n) is 1.99. The van der Waals surface area contributed by atoms with Crippen LogP contribution in [0.25, 0.3) is 10.4 Å². The molecule has 0 aliphatic rings. The van der Waals surface area contributed by atoms with Crippen LogP contribution >= 0.6 is 11.3 Å². The Labute approximate surface area is 107 Å². The molecule has 2 aromatic rings. The van der Waals surface area contributed by atoms with Crippen molar-refractivity contribution in [3.05, 3.63) is 41.5 Å². The zero-order valence-electron chi connectivity index (χ0n) is 10.5. The fourth-order valence-corrected chi connectivity index (χ4v) is 3.27. The summed E-state index contributed by atoms with van der Waals surface area (Å²) < 4.78 is 0. The summed E-state index contributed by atoms with van der Waals surface area (Å²) in [6, 6.07) is 8.92. The van der Waals surface area contributed by atoms with E-state index in [2.05, 4.69) is 42.3 Å². The monoisotopic (exact) mass is 246 g/mol. The molecule has 0 fully saturated rings. The minimum atomic E-state index is 0.436. The van der Waals surface area contributed by atoms with Crippen LogP contribution in [-0.4, -0.2) is 12.0 Å². The van der Waals surface area contributed by atoms with Crippen molar-refractivity contribution in [1.29, 1.82) is 0 Å². The molecule has 0 aliphatic carbocycles. The van der Waals surface area contributed by atoms with Gasteiger partial charge in [0.2, 0.25) is 0 Å². The van der Waals surface area contributed by atoms with E-state index < -0.39 is 0 Å². The zero-order chi connectivity index (χ0) is 12.3. The molecule has 0 bridgehead atoms. The standard InChI is InChI=1S/C14H18N2S/c1-10(2)14(15-3)13-7-6-12(17-13)11-5-4-8-16-9-11/h4-10,14-15H,1-3H3. The zero-order valence-corrected chi connectivity index (χ0v) is 11.3. The van der Waals surface area contributed by atoms with Crippen molar-refractivity contribution >= 4 is 11.3 Å². The summed E-state index contributed by atoms with van der Waals surface area (Å²) in [5, 5.41) is 3.38. The van der Waals surface area contributed by atoms with Gasteiger partial charge in [-0.3, -0.25) is 4.98 Å². The molecule has 0 spiro atoms. The van der Waals surface area contributed by atoms with Crippen LogP contribution in [0.3, 0.4) is 0 Å². The Morgan fingerprint density at radius 3 is 2.65 bits per heavy atom. The van der Waals surface area contributed by atoms with Gasteiger partial charge in [0.1, 0.15) is 0 Å².